The van der Waals surface area contributed by atoms with Crippen LogP contribution >= 0.6 is 0 Å². The lowest BCUT2D eigenvalue weighted by Crippen LogP contribution is -2.54. The number of rotatable bonds is 1. The summed E-state index contributed by atoms with van der Waals surface area (Å²) >= 11 is 0. The first kappa shape index (κ1) is 15.7. The van der Waals surface area contributed by atoms with Crippen molar-refractivity contribution >= 4 is 23.6 Å². The third-order valence-electron chi connectivity index (χ3n) is 6.20. The molecule has 7 nitrogen and oxygen atoms in total. The van der Waals surface area contributed by atoms with Gasteiger partial charge in [0.05, 0.1) is 11.1 Å². The molecule has 3 aliphatic heterocycles. The first-order valence-electron chi connectivity index (χ1n) is 9.11. The molecule has 1 aromatic carbocycles. The van der Waals surface area contributed by atoms with Crippen molar-refractivity contribution in [2.24, 2.45) is 11.8 Å². The van der Waals surface area contributed by atoms with Crippen molar-refractivity contribution in [1.29, 1.82) is 0 Å². The van der Waals surface area contributed by atoms with E-state index >= 15 is 0 Å². The van der Waals surface area contributed by atoms with E-state index < -0.39 is 23.8 Å². The van der Waals surface area contributed by atoms with Crippen LogP contribution in [0.5, 0.6) is 0 Å². The fourth-order valence-corrected chi connectivity index (χ4v) is 4.82. The Bertz CT molecular complexity index is 827. The second-order valence-electron chi connectivity index (χ2n) is 7.70. The first-order chi connectivity index (χ1) is 12.5. The number of carbonyl (C=O) groups excluding carboxylic acids is 4. The van der Waals surface area contributed by atoms with Crippen molar-refractivity contribution in [3.63, 3.8) is 0 Å². The normalized spacial score (nSPS) is 30.2. The Morgan fingerprint density at radius 1 is 0.885 bits per heavy atom. The summed E-state index contributed by atoms with van der Waals surface area (Å²) in [5, 5.41) is 5.64. The van der Waals surface area contributed by atoms with Crippen LogP contribution in [0.1, 0.15) is 44.7 Å². The number of fused-ring (bicyclic) bond motifs is 3. The third kappa shape index (κ3) is 2.16. The van der Waals surface area contributed by atoms with Crippen LogP contribution in [0, 0.1) is 11.8 Å². The monoisotopic (exact) mass is 353 g/mol. The Balaban J connectivity index is 1.50. The largest absolute Gasteiger partial charge is 0.316 e. The van der Waals surface area contributed by atoms with Crippen molar-refractivity contribution in [1.82, 2.24) is 15.5 Å². The van der Waals surface area contributed by atoms with Crippen LogP contribution in [0.3, 0.4) is 0 Å². The summed E-state index contributed by atoms with van der Waals surface area (Å²) in [5.41, 5.74) is 3.06. The highest BCUT2D eigenvalue weighted by Crippen LogP contribution is 2.37. The highest BCUT2D eigenvalue weighted by molar-refractivity contribution is 6.23. The quantitative estimate of drug-likeness (QED) is 0.694. The number of hydrogen-bond acceptors (Lipinski definition) is 5. The van der Waals surface area contributed by atoms with Gasteiger partial charge in [-0.15, -0.1) is 0 Å². The molecule has 0 saturated carbocycles. The van der Waals surface area contributed by atoms with Gasteiger partial charge in [-0.25, -0.2) is 0 Å². The molecule has 4 amide bonds. The van der Waals surface area contributed by atoms with E-state index in [4.69, 9.17) is 0 Å². The van der Waals surface area contributed by atoms with Gasteiger partial charge in [-0.05, 0) is 67.4 Å². The van der Waals surface area contributed by atoms with E-state index in [-0.39, 0.29) is 18.7 Å². The van der Waals surface area contributed by atoms with Gasteiger partial charge < -0.3 is 5.32 Å². The van der Waals surface area contributed by atoms with E-state index in [9.17, 15) is 19.2 Å². The molecule has 2 fully saturated rings. The van der Waals surface area contributed by atoms with E-state index in [1.807, 2.05) is 12.1 Å². The van der Waals surface area contributed by atoms with Crippen molar-refractivity contribution < 1.29 is 19.2 Å². The Kier molecular flexibility index (Phi) is 3.31. The smallest absolute Gasteiger partial charge is 0.262 e. The van der Waals surface area contributed by atoms with Crippen molar-refractivity contribution in [2.45, 2.75) is 31.7 Å². The molecule has 0 spiro atoms. The zero-order valence-corrected chi connectivity index (χ0v) is 14.2. The Hall–Kier alpha value is -2.54. The summed E-state index contributed by atoms with van der Waals surface area (Å²) in [5.74, 6) is -0.611. The topological polar surface area (TPSA) is 95.6 Å². The Labute approximate surface area is 150 Å². The average molecular weight is 353 g/mol. The number of amides is 4. The molecule has 0 bridgehead atoms. The summed E-state index contributed by atoms with van der Waals surface area (Å²) < 4.78 is 0. The molecule has 3 heterocycles. The Morgan fingerprint density at radius 2 is 1.46 bits per heavy atom. The first-order valence-corrected chi connectivity index (χ1v) is 9.11. The number of nitrogens with one attached hydrogen (secondary N) is 2. The highest BCUT2D eigenvalue weighted by atomic mass is 16.2. The number of benzene rings is 1. The van der Waals surface area contributed by atoms with Crippen LogP contribution in [0.2, 0.25) is 0 Å². The maximum absolute atomic E-state index is 12.9. The van der Waals surface area contributed by atoms with Gasteiger partial charge in [0.1, 0.15) is 6.04 Å². The van der Waals surface area contributed by atoms with E-state index in [0.29, 0.717) is 23.0 Å². The van der Waals surface area contributed by atoms with Crippen molar-refractivity contribution in [3.05, 3.63) is 34.4 Å². The lowest BCUT2D eigenvalue weighted by molar-refractivity contribution is -0.136. The summed E-state index contributed by atoms with van der Waals surface area (Å²) in [4.78, 5) is 50.3. The predicted molar refractivity (Wildman–Crippen MR) is 90.4 cm³/mol. The van der Waals surface area contributed by atoms with Crippen LogP contribution < -0.4 is 10.6 Å². The van der Waals surface area contributed by atoms with Crippen LogP contribution in [0.25, 0.3) is 0 Å². The SMILES string of the molecule is O=C1CCC(N2C(=O)c3cc4c(cc3C2=O)CC2CNCC2C4)C(=O)N1. The molecule has 0 radical (unpaired) electrons. The van der Waals surface area contributed by atoms with E-state index in [1.54, 1.807) is 0 Å². The molecule has 26 heavy (non-hydrogen) atoms. The van der Waals surface area contributed by atoms with Gasteiger partial charge in [-0.3, -0.25) is 29.4 Å². The minimum absolute atomic E-state index is 0.136. The fourth-order valence-electron chi connectivity index (χ4n) is 4.82. The summed E-state index contributed by atoms with van der Waals surface area (Å²) in [7, 11) is 0. The minimum atomic E-state index is -0.902. The molecule has 2 N–H and O–H groups in total. The molecule has 3 unspecified atom stereocenters. The fraction of sp³-hybridized carbons (Fsp3) is 0.474. The number of carbonyl (C=O) groups is 4. The molecule has 5 rings (SSSR count). The molecule has 2 saturated heterocycles. The summed E-state index contributed by atoms with van der Waals surface area (Å²) in [6.07, 6.45) is 2.16. The maximum Gasteiger partial charge on any atom is 0.262 e. The van der Waals surface area contributed by atoms with Gasteiger partial charge in [0.15, 0.2) is 0 Å². The van der Waals surface area contributed by atoms with Gasteiger partial charge in [-0.2, -0.15) is 0 Å². The maximum atomic E-state index is 12.9. The molecule has 7 heteroatoms. The van der Waals surface area contributed by atoms with Gasteiger partial charge in [-0.1, -0.05) is 0 Å². The molecule has 0 aromatic heterocycles. The summed E-state index contributed by atoms with van der Waals surface area (Å²) in [6, 6.07) is 2.80. The standard InChI is InChI=1S/C19H19N3O4/c23-16-2-1-15(17(24)21-16)22-18(25)13-5-9-3-11-7-20-8-12(11)4-10(9)6-14(13)19(22)26/h5-6,11-12,15,20H,1-4,7-8H2,(H,21,23,24). The van der Waals surface area contributed by atoms with Gasteiger partial charge in [0.2, 0.25) is 11.8 Å². The molecule has 134 valence electrons. The van der Waals surface area contributed by atoms with Crippen molar-refractivity contribution in [3.8, 4) is 0 Å². The van der Waals surface area contributed by atoms with Gasteiger partial charge >= 0.3 is 0 Å². The number of hydrogen-bond donors (Lipinski definition) is 2. The summed E-state index contributed by atoms with van der Waals surface area (Å²) in [6.45, 7) is 1.99. The highest BCUT2D eigenvalue weighted by Gasteiger charge is 2.45. The van der Waals surface area contributed by atoms with Gasteiger partial charge in [0, 0.05) is 6.42 Å². The average Bonchev–Trinajstić information content (AvgIpc) is 3.15. The second kappa shape index (κ2) is 5.48. The molecule has 3 atom stereocenters. The van der Waals surface area contributed by atoms with Crippen molar-refractivity contribution in [2.75, 3.05) is 13.1 Å². The van der Waals surface area contributed by atoms with Gasteiger partial charge in [0.25, 0.3) is 11.8 Å². The molecular weight excluding hydrogens is 334 g/mol. The van der Waals surface area contributed by atoms with E-state index in [0.717, 1.165) is 42.0 Å². The van der Waals surface area contributed by atoms with E-state index in [1.165, 1.54) is 0 Å². The minimum Gasteiger partial charge on any atom is -0.316 e. The second-order valence-corrected chi connectivity index (χ2v) is 7.70. The molecule has 4 aliphatic rings. The number of piperidine rings is 1. The number of nitrogens with zero attached hydrogens (tertiary/aromatic N) is 1. The zero-order valence-electron chi connectivity index (χ0n) is 14.2. The lowest BCUT2D eigenvalue weighted by Gasteiger charge is -2.27. The molecule has 1 aromatic rings. The van der Waals surface area contributed by atoms with Crippen LogP contribution in [0.15, 0.2) is 12.1 Å². The van der Waals surface area contributed by atoms with Crippen LogP contribution in [-0.4, -0.2) is 47.7 Å². The van der Waals surface area contributed by atoms with Crippen LogP contribution in [-0.2, 0) is 22.4 Å². The number of imide groups is 2. The van der Waals surface area contributed by atoms with Crippen LogP contribution in [0.4, 0.5) is 0 Å². The molecule has 1 aliphatic carbocycles. The lowest BCUT2D eigenvalue weighted by atomic mass is 9.77. The zero-order chi connectivity index (χ0) is 18.0. The Morgan fingerprint density at radius 3 is 2.00 bits per heavy atom. The van der Waals surface area contributed by atoms with E-state index in [2.05, 4.69) is 10.6 Å². The predicted octanol–water partition coefficient (Wildman–Crippen LogP) is 0.0220. The third-order valence-corrected chi connectivity index (χ3v) is 6.20. The molecular formula is C19H19N3O4.